The molecule has 1 heterocycles. The topological polar surface area (TPSA) is 35.8 Å². The summed E-state index contributed by atoms with van der Waals surface area (Å²) in [7, 11) is 0. The molecule has 0 spiro atoms. The van der Waals surface area contributed by atoms with Crippen LogP contribution in [0.2, 0.25) is 0 Å². The smallest absolute Gasteiger partial charge is 0.0944 e. The number of nitrogens with one attached hydrogen (secondary N) is 1. The fourth-order valence-corrected chi connectivity index (χ4v) is 0.594. The summed E-state index contributed by atoms with van der Waals surface area (Å²) >= 11 is 0. The Labute approximate surface area is 61.0 Å². The molecule has 50 valence electrons. The maximum absolute atomic E-state index is 8.33. The van der Waals surface area contributed by atoms with Crippen LogP contribution in [0.3, 0.4) is 0 Å². The standard InChI is InChI=1S/C6H8N2.ClH/c1-5(2-7)6-3-8-4-6;/h8H,3-4H2,1H3;1H. The van der Waals surface area contributed by atoms with Crippen molar-refractivity contribution >= 4 is 12.4 Å². The molecule has 2 nitrogen and oxygen atoms in total. The van der Waals surface area contributed by atoms with Gasteiger partial charge in [-0.1, -0.05) is 0 Å². The van der Waals surface area contributed by atoms with Crippen LogP contribution in [-0.4, -0.2) is 13.1 Å². The van der Waals surface area contributed by atoms with Crippen LogP contribution in [-0.2, 0) is 0 Å². The number of hydrogen-bond donors (Lipinski definition) is 1. The summed E-state index contributed by atoms with van der Waals surface area (Å²) < 4.78 is 0. The van der Waals surface area contributed by atoms with Gasteiger partial charge in [0.2, 0.25) is 0 Å². The summed E-state index contributed by atoms with van der Waals surface area (Å²) in [5.41, 5.74) is 2.14. The highest BCUT2D eigenvalue weighted by Crippen LogP contribution is 2.06. The Kier molecular flexibility index (Phi) is 3.29. The van der Waals surface area contributed by atoms with Gasteiger partial charge in [0.1, 0.15) is 0 Å². The molecule has 0 amide bonds. The Morgan fingerprint density at radius 1 is 1.67 bits per heavy atom. The second kappa shape index (κ2) is 3.49. The van der Waals surface area contributed by atoms with E-state index in [0.717, 1.165) is 18.7 Å². The lowest BCUT2D eigenvalue weighted by atomic mass is 10.1. The van der Waals surface area contributed by atoms with Crippen LogP contribution in [0, 0.1) is 11.3 Å². The Hall–Kier alpha value is -0.520. The van der Waals surface area contributed by atoms with E-state index in [1.165, 1.54) is 5.57 Å². The normalized spacial score (nSPS) is 14.9. The second-order valence-corrected chi connectivity index (χ2v) is 1.94. The Morgan fingerprint density at radius 3 is 2.33 bits per heavy atom. The predicted molar refractivity (Wildman–Crippen MR) is 38.4 cm³/mol. The van der Waals surface area contributed by atoms with Gasteiger partial charge in [-0.25, -0.2) is 0 Å². The zero-order chi connectivity index (χ0) is 5.98. The van der Waals surface area contributed by atoms with Crippen LogP contribution in [0.25, 0.3) is 0 Å². The van der Waals surface area contributed by atoms with Crippen LogP contribution in [0.5, 0.6) is 0 Å². The quantitative estimate of drug-likeness (QED) is 0.512. The number of allylic oxidation sites excluding steroid dienone is 1. The minimum absolute atomic E-state index is 0. The van der Waals surface area contributed by atoms with E-state index in [-0.39, 0.29) is 12.4 Å². The molecule has 0 aromatic heterocycles. The molecule has 0 aromatic carbocycles. The van der Waals surface area contributed by atoms with Crippen molar-refractivity contribution in [2.75, 3.05) is 13.1 Å². The summed E-state index contributed by atoms with van der Waals surface area (Å²) in [6.07, 6.45) is 0. The number of halogens is 1. The lowest BCUT2D eigenvalue weighted by Crippen LogP contribution is -2.34. The highest BCUT2D eigenvalue weighted by molar-refractivity contribution is 5.85. The molecule has 1 fully saturated rings. The summed E-state index contributed by atoms with van der Waals surface area (Å²) in [4.78, 5) is 0. The number of hydrogen-bond acceptors (Lipinski definition) is 2. The lowest BCUT2D eigenvalue weighted by Gasteiger charge is -2.18. The SMILES string of the molecule is CC(C#N)=C1CNC1.Cl. The van der Waals surface area contributed by atoms with Gasteiger partial charge in [0, 0.05) is 18.7 Å². The molecule has 0 saturated carbocycles. The van der Waals surface area contributed by atoms with Crippen LogP contribution < -0.4 is 5.32 Å². The third kappa shape index (κ3) is 1.70. The van der Waals surface area contributed by atoms with E-state index in [2.05, 4.69) is 11.4 Å². The van der Waals surface area contributed by atoms with E-state index < -0.39 is 0 Å². The highest BCUT2D eigenvalue weighted by atomic mass is 35.5. The van der Waals surface area contributed by atoms with E-state index in [9.17, 15) is 0 Å². The van der Waals surface area contributed by atoms with E-state index in [1.54, 1.807) is 0 Å². The number of nitriles is 1. The first-order chi connectivity index (χ1) is 3.84. The first-order valence-electron chi connectivity index (χ1n) is 2.64. The van der Waals surface area contributed by atoms with Crippen molar-refractivity contribution in [1.29, 1.82) is 5.26 Å². The molecular weight excluding hydrogens is 136 g/mol. The van der Waals surface area contributed by atoms with Gasteiger partial charge in [0.25, 0.3) is 0 Å². The molecule has 1 aliphatic rings. The second-order valence-electron chi connectivity index (χ2n) is 1.94. The van der Waals surface area contributed by atoms with Crippen molar-refractivity contribution < 1.29 is 0 Å². The Bertz CT molecular complexity index is 160. The van der Waals surface area contributed by atoms with Crippen LogP contribution in [0.1, 0.15) is 6.92 Å². The molecule has 9 heavy (non-hydrogen) atoms. The molecule has 0 aromatic rings. The largest absolute Gasteiger partial charge is 0.309 e. The minimum atomic E-state index is 0. The molecule has 0 bridgehead atoms. The lowest BCUT2D eigenvalue weighted by molar-refractivity contribution is 0.662. The van der Waals surface area contributed by atoms with Crippen molar-refractivity contribution in [2.45, 2.75) is 6.92 Å². The zero-order valence-electron chi connectivity index (χ0n) is 5.27. The maximum atomic E-state index is 8.33. The van der Waals surface area contributed by atoms with E-state index in [0.29, 0.717) is 0 Å². The van der Waals surface area contributed by atoms with Crippen molar-refractivity contribution in [1.82, 2.24) is 5.32 Å². The molecule has 1 rings (SSSR count). The molecule has 0 aliphatic carbocycles. The monoisotopic (exact) mass is 144 g/mol. The molecule has 3 heteroatoms. The van der Waals surface area contributed by atoms with Gasteiger partial charge in [-0.2, -0.15) is 5.26 Å². The van der Waals surface area contributed by atoms with Gasteiger partial charge < -0.3 is 5.32 Å². The van der Waals surface area contributed by atoms with Gasteiger partial charge in [-0.05, 0) is 12.5 Å². The summed E-state index contributed by atoms with van der Waals surface area (Å²) in [6, 6.07) is 2.11. The molecule has 1 N–H and O–H groups in total. The third-order valence-corrected chi connectivity index (χ3v) is 1.37. The molecule has 0 radical (unpaired) electrons. The summed E-state index contributed by atoms with van der Waals surface area (Å²) in [6.45, 7) is 3.69. The average molecular weight is 145 g/mol. The fraction of sp³-hybridized carbons (Fsp3) is 0.500. The molecule has 0 unspecified atom stereocenters. The Morgan fingerprint density at radius 2 is 2.22 bits per heavy atom. The van der Waals surface area contributed by atoms with Crippen molar-refractivity contribution in [3.05, 3.63) is 11.1 Å². The van der Waals surface area contributed by atoms with E-state index >= 15 is 0 Å². The van der Waals surface area contributed by atoms with E-state index in [4.69, 9.17) is 5.26 Å². The zero-order valence-corrected chi connectivity index (χ0v) is 6.09. The van der Waals surface area contributed by atoms with Crippen molar-refractivity contribution in [3.63, 3.8) is 0 Å². The van der Waals surface area contributed by atoms with Crippen molar-refractivity contribution in [3.8, 4) is 6.07 Å². The molecule has 0 atom stereocenters. The highest BCUT2D eigenvalue weighted by Gasteiger charge is 2.09. The van der Waals surface area contributed by atoms with Gasteiger partial charge in [0.05, 0.1) is 6.07 Å². The average Bonchev–Trinajstić information content (AvgIpc) is 1.62. The van der Waals surface area contributed by atoms with Gasteiger partial charge in [-0.3, -0.25) is 0 Å². The van der Waals surface area contributed by atoms with Crippen LogP contribution >= 0.6 is 12.4 Å². The van der Waals surface area contributed by atoms with Crippen LogP contribution in [0.15, 0.2) is 11.1 Å². The summed E-state index contributed by atoms with van der Waals surface area (Å²) in [5.74, 6) is 0. The summed E-state index contributed by atoms with van der Waals surface area (Å²) in [5, 5.41) is 11.4. The van der Waals surface area contributed by atoms with Gasteiger partial charge in [-0.15, -0.1) is 12.4 Å². The first-order valence-corrected chi connectivity index (χ1v) is 2.64. The molecular formula is C6H9ClN2. The van der Waals surface area contributed by atoms with Crippen LogP contribution in [0.4, 0.5) is 0 Å². The van der Waals surface area contributed by atoms with Gasteiger partial charge in [0.15, 0.2) is 0 Å². The minimum Gasteiger partial charge on any atom is -0.309 e. The number of nitrogens with zero attached hydrogens (tertiary/aromatic N) is 1. The fourth-order valence-electron chi connectivity index (χ4n) is 0.594. The number of rotatable bonds is 0. The Balaban J connectivity index is 0.000000640. The van der Waals surface area contributed by atoms with Crippen molar-refractivity contribution in [2.24, 2.45) is 0 Å². The molecule has 1 saturated heterocycles. The first kappa shape index (κ1) is 8.48. The van der Waals surface area contributed by atoms with E-state index in [1.807, 2.05) is 6.92 Å². The van der Waals surface area contributed by atoms with Gasteiger partial charge >= 0.3 is 0 Å². The predicted octanol–water partition coefficient (Wildman–Crippen LogP) is 0.851. The third-order valence-electron chi connectivity index (χ3n) is 1.37. The molecule has 1 aliphatic heterocycles. The maximum Gasteiger partial charge on any atom is 0.0944 e.